The van der Waals surface area contributed by atoms with Crippen molar-refractivity contribution in [3.63, 3.8) is 0 Å². The van der Waals surface area contributed by atoms with Gasteiger partial charge in [0.05, 0.1) is 15.7 Å². The maximum atomic E-state index is 12.2. The summed E-state index contributed by atoms with van der Waals surface area (Å²) >= 11 is 0. The van der Waals surface area contributed by atoms with Crippen molar-refractivity contribution in [3.05, 3.63) is 64.2 Å². The van der Waals surface area contributed by atoms with Crippen molar-refractivity contribution in [3.8, 4) is 0 Å². The van der Waals surface area contributed by atoms with Crippen LogP contribution in [0.15, 0.2) is 53.4 Å². The lowest BCUT2D eigenvalue weighted by molar-refractivity contribution is -0.387. The molecule has 20 heavy (non-hydrogen) atoms. The molecule has 6 heteroatoms. The molecule has 0 amide bonds. The predicted octanol–water partition coefficient (Wildman–Crippen LogP) is 2.53. The SMILES string of the molecule is Nc1ccccc1CCS(=O)c1ccccc1[N+](=O)[O-]. The molecular formula is C14H14N2O3S. The van der Waals surface area contributed by atoms with Crippen molar-refractivity contribution in [1.82, 2.24) is 0 Å². The van der Waals surface area contributed by atoms with Gasteiger partial charge in [0.2, 0.25) is 0 Å². The molecule has 2 aromatic rings. The van der Waals surface area contributed by atoms with Crippen molar-refractivity contribution in [2.75, 3.05) is 11.5 Å². The molecule has 2 N–H and O–H groups in total. The Kier molecular flexibility index (Phi) is 4.47. The van der Waals surface area contributed by atoms with Crippen LogP contribution in [0, 0.1) is 10.1 Å². The molecule has 0 heterocycles. The van der Waals surface area contributed by atoms with E-state index in [2.05, 4.69) is 0 Å². The zero-order chi connectivity index (χ0) is 14.5. The number of nitro benzene ring substituents is 1. The Morgan fingerprint density at radius 1 is 1.10 bits per heavy atom. The fourth-order valence-corrected chi connectivity index (χ4v) is 3.11. The second-order valence-corrected chi connectivity index (χ2v) is 5.76. The topological polar surface area (TPSA) is 86.2 Å². The van der Waals surface area contributed by atoms with E-state index >= 15 is 0 Å². The Morgan fingerprint density at radius 3 is 2.45 bits per heavy atom. The highest BCUT2D eigenvalue weighted by atomic mass is 32.2. The summed E-state index contributed by atoms with van der Waals surface area (Å²) < 4.78 is 12.2. The lowest BCUT2D eigenvalue weighted by Crippen LogP contribution is -2.06. The number of anilines is 1. The molecular weight excluding hydrogens is 276 g/mol. The minimum Gasteiger partial charge on any atom is -0.399 e. The largest absolute Gasteiger partial charge is 0.399 e. The summed E-state index contributed by atoms with van der Waals surface area (Å²) in [7, 11) is -1.42. The molecule has 1 unspecified atom stereocenters. The van der Waals surface area contributed by atoms with Crippen molar-refractivity contribution in [2.45, 2.75) is 11.3 Å². The summed E-state index contributed by atoms with van der Waals surface area (Å²) in [5.41, 5.74) is 7.26. The molecule has 0 saturated carbocycles. The molecule has 1 atom stereocenters. The highest BCUT2D eigenvalue weighted by molar-refractivity contribution is 7.85. The van der Waals surface area contributed by atoms with Gasteiger partial charge in [0, 0.05) is 17.5 Å². The molecule has 0 aliphatic rings. The summed E-state index contributed by atoms with van der Waals surface area (Å²) in [4.78, 5) is 10.7. The first-order valence-electron chi connectivity index (χ1n) is 6.05. The van der Waals surface area contributed by atoms with E-state index in [1.807, 2.05) is 18.2 Å². The number of nitro groups is 1. The zero-order valence-corrected chi connectivity index (χ0v) is 11.5. The average Bonchev–Trinajstić information content (AvgIpc) is 2.46. The van der Waals surface area contributed by atoms with Gasteiger partial charge in [0.25, 0.3) is 5.69 Å². The van der Waals surface area contributed by atoms with Crippen LogP contribution in [0.3, 0.4) is 0 Å². The smallest absolute Gasteiger partial charge is 0.285 e. The van der Waals surface area contributed by atoms with Crippen LogP contribution < -0.4 is 5.73 Å². The van der Waals surface area contributed by atoms with Crippen LogP contribution in [0.25, 0.3) is 0 Å². The molecule has 104 valence electrons. The minimum absolute atomic E-state index is 0.105. The molecule has 0 aliphatic carbocycles. The number of aryl methyl sites for hydroxylation is 1. The first kappa shape index (κ1) is 14.2. The maximum Gasteiger partial charge on any atom is 0.285 e. The van der Waals surface area contributed by atoms with E-state index in [9.17, 15) is 14.3 Å². The summed E-state index contributed by atoms with van der Waals surface area (Å²) in [5, 5.41) is 10.9. The van der Waals surface area contributed by atoms with E-state index in [1.54, 1.807) is 18.2 Å². The number of rotatable bonds is 5. The number of hydrogen-bond acceptors (Lipinski definition) is 4. The minimum atomic E-state index is -1.42. The van der Waals surface area contributed by atoms with Gasteiger partial charge in [0.1, 0.15) is 4.90 Å². The van der Waals surface area contributed by atoms with Gasteiger partial charge in [0.15, 0.2) is 0 Å². The molecule has 0 bridgehead atoms. The number of nitrogens with two attached hydrogens (primary N) is 1. The highest BCUT2D eigenvalue weighted by Crippen LogP contribution is 2.22. The van der Waals surface area contributed by atoms with Gasteiger partial charge < -0.3 is 5.73 Å². The molecule has 0 saturated heterocycles. The van der Waals surface area contributed by atoms with Gasteiger partial charge in [-0.3, -0.25) is 14.3 Å². The van der Waals surface area contributed by atoms with Crippen molar-refractivity contribution in [1.29, 1.82) is 0 Å². The van der Waals surface area contributed by atoms with Crippen LogP contribution in [0.5, 0.6) is 0 Å². The van der Waals surface area contributed by atoms with E-state index in [4.69, 9.17) is 5.73 Å². The lowest BCUT2D eigenvalue weighted by Gasteiger charge is -2.06. The second kappa shape index (κ2) is 6.29. The quantitative estimate of drug-likeness (QED) is 0.521. The number of nitrogens with zero attached hydrogens (tertiary/aromatic N) is 1. The number of para-hydroxylation sites is 2. The Balaban J connectivity index is 2.14. The number of benzene rings is 2. The van der Waals surface area contributed by atoms with Crippen LogP contribution in [-0.4, -0.2) is 14.9 Å². The van der Waals surface area contributed by atoms with Crippen molar-refractivity contribution < 1.29 is 9.13 Å². The highest BCUT2D eigenvalue weighted by Gasteiger charge is 2.17. The second-order valence-electron chi connectivity index (χ2n) is 4.22. The first-order valence-corrected chi connectivity index (χ1v) is 7.36. The lowest BCUT2D eigenvalue weighted by atomic mass is 10.1. The molecule has 2 aromatic carbocycles. The zero-order valence-electron chi connectivity index (χ0n) is 10.7. The molecule has 2 rings (SSSR count). The van der Waals surface area contributed by atoms with E-state index in [0.717, 1.165) is 5.56 Å². The van der Waals surface area contributed by atoms with Crippen LogP contribution in [0.1, 0.15) is 5.56 Å². The molecule has 0 aromatic heterocycles. The van der Waals surface area contributed by atoms with Gasteiger partial charge >= 0.3 is 0 Å². The normalized spacial score (nSPS) is 12.0. The maximum absolute atomic E-state index is 12.2. The fraction of sp³-hybridized carbons (Fsp3) is 0.143. The van der Waals surface area contributed by atoms with E-state index in [1.165, 1.54) is 12.1 Å². The standard InChI is InChI=1S/C14H14N2O3S/c15-12-6-2-1-5-11(12)9-10-20(19)14-8-4-3-7-13(14)16(17)18/h1-8H,9-10,15H2. The summed E-state index contributed by atoms with van der Waals surface area (Å²) in [6.07, 6.45) is 0.519. The van der Waals surface area contributed by atoms with E-state index in [-0.39, 0.29) is 10.6 Å². The van der Waals surface area contributed by atoms with Gasteiger partial charge in [-0.2, -0.15) is 0 Å². The molecule has 0 aliphatic heterocycles. The van der Waals surface area contributed by atoms with Gasteiger partial charge in [-0.05, 0) is 24.1 Å². The summed E-state index contributed by atoms with van der Waals surface area (Å²) in [6, 6.07) is 13.4. The Hall–Kier alpha value is -2.21. The molecule has 0 radical (unpaired) electrons. The third-order valence-electron chi connectivity index (χ3n) is 2.92. The van der Waals surface area contributed by atoms with Crippen LogP contribution in [-0.2, 0) is 17.2 Å². The van der Waals surface area contributed by atoms with E-state index in [0.29, 0.717) is 17.9 Å². The van der Waals surface area contributed by atoms with Crippen molar-refractivity contribution >= 4 is 22.2 Å². The molecule has 5 nitrogen and oxygen atoms in total. The number of hydrogen-bond donors (Lipinski definition) is 1. The third kappa shape index (κ3) is 3.21. The van der Waals surface area contributed by atoms with Crippen molar-refractivity contribution in [2.24, 2.45) is 0 Å². The monoisotopic (exact) mass is 290 g/mol. The van der Waals surface area contributed by atoms with Crippen LogP contribution >= 0.6 is 0 Å². The average molecular weight is 290 g/mol. The van der Waals surface area contributed by atoms with Gasteiger partial charge in [-0.1, -0.05) is 30.3 Å². The molecule has 0 fully saturated rings. The predicted molar refractivity (Wildman–Crippen MR) is 78.9 cm³/mol. The van der Waals surface area contributed by atoms with Gasteiger partial charge in [-0.15, -0.1) is 0 Å². The van der Waals surface area contributed by atoms with Crippen LogP contribution in [0.2, 0.25) is 0 Å². The Morgan fingerprint density at radius 2 is 1.75 bits per heavy atom. The van der Waals surface area contributed by atoms with E-state index < -0.39 is 15.7 Å². The Bertz CT molecular complexity index is 658. The summed E-state index contributed by atoms with van der Waals surface area (Å²) in [6.45, 7) is 0. The third-order valence-corrected chi connectivity index (χ3v) is 4.33. The van der Waals surface area contributed by atoms with Gasteiger partial charge in [-0.25, -0.2) is 0 Å². The first-order chi connectivity index (χ1) is 9.59. The summed E-state index contributed by atoms with van der Waals surface area (Å²) in [5.74, 6) is 0.305. The number of nitrogen functional groups attached to an aromatic ring is 1. The Labute approximate surface area is 119 Å². The molecule has 0 spiro atoms. The van der Waals surface area contributed by atoms with Crippen LogP contribution in [0.4, 0.5) is 11.4 Å². The fourth-order valence-electron chi connectivity index (χ4n) is 1.87.